The standard InChI is InChI=1S/C30H28ClN3O/c1-21(2)16-24-18-27(35-20-26-11-10-23-7-3-4-9-29(23)32-26)12-13-28(24)30-14-15-34(33-30)19-22-6-5-8-25(31)17-22/h3-15,17-18,21H,16,19-20H2,1-2H3. The van der Waals surface area contributed by atoms with Crippen LogP contribution < -0.4 is 4.74 Å². The Morgan fingerprint density at radius 1 is 0.914 bits per heavy atom. The maximum absolute atomic E-state index is 6.15. The van der Waals surface area contributed by atoms with E-state index in [0.29, 0.717) is 19.1 Å². The first-order valence-corrected chi connectivity index (χ1v) is 12.3. The summed E-state index contributed by atoms with van der Waals surface area (Å²) in [4.78, 5) is 4.72. The van der Waals surface area contributed by atoms with Gasteiger partial charge in [-0.2, -0.15) is 5.10 Å². The Hall–Kier alpha value is -3.63. The van der Waals surface area contributed by atoms with Gasteiger partial charge < -0.3 is 4.74 Å². The lowest BCUT2D eigenvalue weighted by atomic mass is 9.96. The van der Waals surface area contributed by atoms with Gasteiger partial charge in [0.1, 0.15) is 12.4 Å². The zero-order valence-electron chi connectivity index (χ0n) is 20.0. The molecule has 0 saturated heterocycles. The van der Waals surface area contributed by atoms with Gasteiger partial charge in [0.2, 0.25) is 0 Å². The fourth-order valence-corrected chi connectivity index (χ4v) is 4.49. The summed E-state index contributed by atoms with van der Waals surface area (Å²) in [5.74, 6) is 1.36. The van der Waals surface area contributed by atoms with Crippen molar-refractivity contribution in [2.75, 3.05) is 0 Å². The third-order valence-corrected chi connectivity index (χ3v) is 6.13. The van der Waals surface area contributed by atoms with Crippen LogP contribution >= 0.6 is 11.6 Å². The maximum atomic E-state index is 6.15. The van der Waals surface area contributed by atoms with Gasteiger partial charge in [0, 0.05) is 22.2 Å². The smallest absolute Gasteiger partial charge is 0.130 e. The molecular formula is C30H28ClN3O. The number of hydrogen-bond acceptors (Lipinski definition) is 3. The summed E-state index contributed by atoms with van der Waals surface area (Å²) in [6.07, 6.45) is 2.97. The highest BCUT2D eigenvalue weighted by Crippen LogP contribution is 2.29. The van der Waals surface area contributed by atoms with Crippen LogP contribution in [0.25, 0.3) is 22.2 Å². The normalized spacial score (nSPS) is 11.3. The number of benzene rings is 3. The first-order valence-electron chi connectivity index (χ1n) is 11.9. The Labute approximate surface area is 211 Å². The van der Waals surface area contributed by atoms with E-state index in [2.05, 4.69) is 50.2 Å². The molecule has 5 heteroatoms. The van der Waals surface area contributed by atoms with Crippen molar-refractivity contribution >= 4 is 22.5 Å². The van der Waals surface area contributed by atoms with E-state index < -0.39 is 0 Å². The molecule has 0 aliphatic heterocycles. The zero-order chi connectivity index (χ0) is 24.2. The van der Waals surface area contributed by atoms with Gasteiger partial charge in [-0.25, -0.2) is 4.98 Å². The fourth-order valence-electron chi connectivity index (χ4n) is 4.28. The third-order valence-electron chi connectivity index (χ3n) is 5.90. The lowest BCUT2D eigenvalue weighted by molar-refractivity contribution is 0.301. The molecule has 0 bridgehead atoms. The Kier molecular flexibility index (Phi) is 6.82. The highest BCUT2D eigenvalue weighted by Gasteiger charge is 2.12. The summed E-state index contributed by atoms with van der Waals surface area (Å²) in [7, 11) is 0. The lowest BCUT2D eigenvalue weighted by Gasteiger charge is -2.14. The van der Waals surface area contributed by atoms with Crippen LogP contribution in [0.4, 0.5) is 0 Å². The average Bonchev–Trinajstić information content (AvgIpc) is 3.30. The molecule has 0 N–H and O–H groups in total. The number of nitrogens with zero attached hydrogens (tertiary/aromatic N) is 3. The minimum Gasteiger partial charge on any atom is -0.487 e. The number of pyridine rings is 1. The summed E-state index contributed by atoms with van der Waals surface area (Å²) < 4.78 is 8.10. The Morgan fingerprint density at radius 3 is 2.66 bits per heavy atom. The molecular weight excluding hydrogens is 454 g/mol. The number of halogens is 1. The molecule has 0 amide bonds. The monoisotopic (exact) mass is 481 g/mol. The van der Waals surface area contributed by atoms with Gasteiger partial charge in [0.05, 0.1) is 23.4 Å². The van der Waals surface area contributed by atoms with E-state index in [9.17, 15) is 0 Å². The van der Waals surface area contributed by atoms with Gasteiger partial charge in [-0.1, -0.05) is 61.8 Å². The van der Waals surface area contributed by atoms with Crippen LogP contribution in [0.1, 0.15) is 30.7 Å². The van der Waals surface area contributed by atoms with Gasteiger partial charge >= 0.3 is 0 Å². The SMILES string of the molecule is CC(C)Cc1cc(OCc2ccc3ccccc3n2)ccc1-c1ccn(Cc2cccc(Cl)c2)n1. The minimum absolute atomic E-state index is 0.430. The van der Waals surface area contributed by atoms with Gasteiger partial charge in [-0.3, -0.25) is 4.68 Å². The number of hydrogen-bond donors (Lipinski definition) is 0. The topological polar surface area (TPSA) is 39.9 Å². The second kappa shape index (κ2) is 10.3. The van der Waals surface area contributed by atoms with Crippen LogP contribution in [-0.2, 0) is 19.6 Å². The van der Waals surface area contributed by atoms with Gasteiger partial charge in [0.25, 0.3) is 0 Å². The Morgan fingerprint density at radius 2 is 1.80 bits per heavy atom. The van der Waals surface area contributed by atoms with Crippen LogP contribution in [0.15, 0.2) is 91.1 Å². The molecule has 0 atom stereocenters. The molecule has 0 fully saturated rings. The molecule has 2 heterocycles. The van der Waals surface area contributed by atoms with Crippen LogP contribution in [0, 0.1) is 5.92 Å². The molecule has 35 heavy (non-hydrogen) atoms. The molecule has 176 valence electrons. The summed E-state index contributed by atoms with van der Waals surface area (Å²) in [5.41, 5.74) is 6.36. The van der Waals surface area contributed by atoms with Crippen molar-refractivity contribution < 1.29 is 4.74 Å². The Balaban J connectivity index is 1.35. The largest absolute Gasteiger partial charge is 0.487 e. The van der Waals surface area contributed by atoms with E-state index in [4.69, 9.17) is 26.4 Å². The molecule has 0 saturated carbocycles. The Bertz CT molecular complexity index is 1460. The maximum Gasteiger partial charge on any atom is 0.130 e. The number of fused-ring (bicyclic) bond motifs is 1. The van der Waals surface area contributed by atoms with Crippen molar-refractivity contribution in [1.29, 1.82) is 0 Å². The van der Waals surface area contributed by atoms with Crippen LogP contribution in [0.5, 0.6) is 5.75 Å². The first kappa shape index (κ1) is 23.1. The molecule has 5 rings (SSSR count). The average molecular weight is 482 g/mol. The molecule has 0 unspecified atom stereocenters. The molecule has 2 aromatic heterocycles. The molecule has 0 aliphatic carbocycles. The van der Waals surface area contributed by atoms with Crippen molar-refractivity contribution in [3.8, 4) is 17.0 Å². The number of ether oxygens (including phenoxy) is 1. The van der Waals surface area contributed by atoms with Crippen LogP contribution in [0.3, 0.4) is 0 Å². The second-order valence-electron chi connectivity index (χ2n) is 9.23. The summed E-state index contributed by atoms with van der Waals surface area (Å²) >= 11 is 6.14. The highest BCUT2D eigenvalue weighted by atomic mass is 35.5. The predicted octanol–water partition coefficient (Wildman–Crippen LogP) is 7.58. The van der Waals surface area contributed by atoms with Crippen LogP contribution in [0.2, 0.25) is 5.02 Å². The number of para-hydroxylation sites is 1. The van der Waals surface area contributed by atoms with E-state index in [0.717, 1.165) is 50.6 Å². The minimum atomic E-state index is 0.430. The van der Waals surface area contributed by atoms with Crippen molar-refractivity contribution in [2.24, 2.45) is 5.92 Å². The van der Waals surface area contributed by atoms with Gasteiger partial charge in [-0.05, 0) is 72.0 Å². The molecule has 0 spiro atoms. The van der Waals surface area contributed by atoms with E-state index in [1.807, 2.05) is 59.4 Å². The number of rotatable bonds is 8. The molecule has 0 aliphatic rings. The van der Waals surface area contributed by atoms with Gasteiger partial charge in [-0.15, -0.1) is 0 Å². The van der Waals surface area contributed by atoms with Crippen molar-refractivity contribution in [3.05, 3.63) is 113 Å². The quantitative estimate of drug-likeness (QED) is 0.229. The molecule has 4 nitrogen and oxygen atoms in total. The molecule has 5 aromatic rings. The van der Waals surface area contributed by atoms with E-state index in [1.54, 1.807) is 0 Å². The number of aromatic nitrogens is 3. The molecule has 0 radical (unpaired) electrons. The summed E-state index contributed by atoms with van der Waals surface area (Å²) in [6.45, 7) is 5.57. The zero-order valence-corrected chi connectivity index (χ0v) is 20.7. The highest BCUT2D eigenvalue weighted by molar-refractivity contribution is 6.30. The van der Waals surface area contributed by atoms with Crippen molar-refractivity contribution in [3.63, 3.8) is 0 Å². The third kappa shape index (κ3) is 5.72. The van der Waals surface area contributed by atoms with Crippen molar-refractivity contribution in [2.45, 2.75) is 33.4 Å². The lowest BCUT2D eigenvalue weighted by Crippen LogP contribution is -2.03. The van der Waals surface area contributed by atoms with E-state index >= 15 is 0 Å². The van der Waals surface area contributed by atoms with Gasteiger partial charge in [0.15, 0.2) is 0 Å². The second-order valence-corrected chi connectivity index (χ2v) is 9.67. The molecule has 3 aromatic carbocycles. The first-order chi connectivity index (χ1) is 17.0. The van der Waals surface area contributed by atoms with Crippen molar-refractivity contribution in [1.82, 2.24) is 14.8 Å². The van der Waals surface area contributed by atoms with E-state index in [-0.39, 0.29) is 0 Å². The fraction of sp³-hybridized carbons (Fsp3) is 0.200. The van der Waals surface area contributed by atoms with E-state index in [1.165, 1.54) is 5.56 Å². The van der Waals surface area contributed by atoms with Crippen LogP contribution in [-0.4, -0.2) is 14.8 Å². The predicted molar refractivity (Wildman–Crippen MR) is 143 cm³/mol. The summed E-state index contributed by atoms with van der Waals surface area (Å²) in [5, 5.41) is 6.72. The summed E-state index contributed by atoms with van der Waals surface area (Å²) in [6, 6.07) is 28.5.